The van der Waals surface area contributed by atoms with E-state index in [4.69, 9.17) is 14.2 Å². The van der Waals surface area contributed by atoms with Crippen LogP contribution >= 0.6 is 0 Å². The summed E-state index contributed by atoms with van der Waals surface area (Å²) < 4.78 is 17.7. The van der Waals surface area contributed by atoms with Gasteiger partial charge in [-0.15, -0.1) is 0 Å². The number of carbonyl (C=O) groups is 5. The maximum absolute atomic E-state index is 14.3. The van der Waals surface area contributed by atoms with Gasteiger partial charge in [-0.2, -0.15) is 0 Å². The lowest BCUT2D eigenvalue weighted by atomic mass is 9.89. The molecule has 1 fully saturated rings. The van der Waals surface area contributed by atoms with E-state index in [2.05, 4.69) is 16.0 Å². The molecule has 1 aromatic rings. The summed E-state index contributed by atoms with van der Waals surface area (Å²) in [5.41, 5.74) is 0.134. The summed E-state index contributed by atoms with van der Waals surface area (Å²) in [5, 5.41) is 8.96. The second-order valence-corrected chi connectivity index (χ2v) is 17.1. The Morgan fingerprint density at radius 1 is 0.893 bits per heavy atom. The van der Waals surface area contributed by atoms with Crippen molar-refractivity contribution in [3.63, 3.8) is 0 Å². The lowest BCUT2D eigenvalue weighted by Gasteiger charge is -2.41. The summed E-state index contributed by atoms with van der Waals surface area (Å²) in [4.78, 5) is 72.3. The zero-order valence-electron chi connectivity index (χ0n) is 36.6. The van der Waals surface area contributed by atoms with E-state index < -0.39 is 59.9 Å². The Labute approximate surface area is 336 Å². The maximum atomic E-state index is 14.3. The van der Waals surface area contributed by atoms with E-state index in [0.717, 1.165) is 18.4 Å². The smallest absolute Gasteiger partial charge is 0.329 e. The van der Waals surface area contributed by atoms with Gasteiger partial charge in [0.15, 0.2) is 0 Å². The standard InChI is InChI=1S/C43H73N5O8/c1-15-28(6)37(47(12)41(52)36(27(4)5)46-40(51)35(44-11)26(2)3)33(54-13)25-34(49)48-23-19-22-32(48)38(55-14)29(7)39(50)45-31(42(53)56-43(8,9)10)24-30-20-17-16-18-21-30/h16-18,20-21,26-29,31-33,35-38,44H,15,19,22-25H2,1-14H3,(H,45,50)(H,46,51)/t28-,29+,31-,32?,33+,35-,36-,37-,38+/m0/s1. The number of esters is 1. The Kier molecular flexibility index (Phi) is 19.4. The van der Waals surface area contributed by atoms with Crippen molar-refractivity contribution in [3.05, 3.63) is 35.9 Å². The highest BCUT2D eigenvalue weighted by Crippen LogP contribution is 2.30. The van der Waals surface area contributed by atoms with Gasteiger partial charge in [0.1, 0.15) is 17.7 Å². The van der Waals surface area contributed by atoms with Gasteiger partial charge in [-0.1, -0.05) is 85.2 Å². The van der Waals surface area contributed by atoms with E-state index in [-0.39, 0.29) is 54.2 Å². The third kappa shape index (κ3) is 13.5. The Morgan fingerprint density at radius 2 is 1.50 bits per heavy atom. The molecule has 3 N–H and O–H groups in total. The number of nitrogens with one attached hydrogen (secondary N) is 3. The first-order valence-corrected chi connectivity index (χ1v) is 20.4. The van der Waals surface area contributed by atoms with Crippen LogP contribution in [-0.4, -0.2) is 122 Å². The Balaban J connectivity index is 2.31. The van der Waals surface area contributed by atoms with E-state index >= 15 is 0 Å². The van der Waals surface area contributed by atoms with Crippen LogP contribution in [0.4, 0.5) is 0 Å². The lowest BCUT2D eigenvalue weighted by molar-refractivity contribution is -0.159. The van der Waals surface area contributed by atoms with Crippen LogP contribution in [0.15, 0.2) is 30.3 Å². The topological polar surface area (TPSA) is 156 Å². The first kappa shape index (κ1) is 48.6. The number of nitrogens with zero attached hydrogens (tertiary/aromatic N) is 2. The van der Waals surface area contributed by atoms with Crippen LogP contribution < -0.4 is 16.0 Å². The van der Waals surface area contributed by atoms with Crippen molar-refractivity contribution in [2.24, 2.45) is 23.7 Å². The van der Waals surface area contributed by atoms with Crippen molar-refractivity contribution in [1.29, 1.82) is 0 Å². The molecule has 1 aliphatic heterocycles. The molecule has 0 bridgehead atoms. The Hall–Kier alpha value is -3.55. The van der Waals surface area contributed by atoms with Crippen molar-refractivity contribution in [2.75, 3.05) is 34.9 Å². The molecule has 0 radical (unpaired) electrons. The lowest BCUT2D eigenvalue weighted by Crippen LogP contribution is -2.59. The quantitative estimate of drug-likeness (QED) is 0.154. The van der Waals surface area contributed by atoms with Gasteiger partial charge in [-0.3, -0.25) is 19.2 Å². The Bertz CT molecular complexity index is 1420. The third-order valence-electron chi connectivity index (χ3n) is 11.0. The number of likely N-dealkylation sites (N-methyl/N-ethyl adjacent to an activating group) is 2. The average molecular weight is 788 g/mol. The largest absolute Gasteiger partial charge is 0.458 e. The first-order chi connectivity index (χ1) is 26.2. The fourth-order valence-corrected chi connectivity index (χ4v) is 7.77. The first-order valence-electron chi connectivity index (χ1n) is 20.4. The molecule has 2 rings (SSSR count). The van der Waals surface area contributed by atoms with Gasteiger partial charge in [0.2, 0.25) is 23.6 Å². The zero-order chi connectivity index (χ0) is 42.5. The molecule has 1 saturated heterocycles. The summed E-state index contributed by atoms with van der Waals surface area (Å²) in [6, 6.07) is 6.42. The highest BCUT2D eigenvalue weighted by atomic mass is 16.6. The molecule has 0 aliphatic carbocycles. The van der Waals surface area contributed by atoms with Crippen LogP contribution in [0.1, 0.15) is 100 Å². The second-order valence-electron chi connectivity index (χ2n) is 17.1. The Morgan fingerprint density at radius 3 is 2.00 bits per heavy atom. The van der Waals surface area contributed by atoms with Crippen molar-refractivity contribution >= 4 is 29.6 Å². The third-order valence-corrected chi connectivity index (χ3v) is 11.0. The van der Waals surface area contributed by atoms with Gasteiger partial charge in [0, 0.05) is 34.2 Å². The number of rotatable bonds is 21. The number of ether oxygens (including phenoxy) is 3. The molecule has 1 heterocycles. The van der Waals surface area contributed by atoms with Gasteiger partial charge in [0.25, 0.3) is 0 Å². The van der Waals surface area contributed by atoms with Gasteiger partial charge in [0.05, 0.1) is 42.7 Å². The molecule has 1 aliphatic rings. The van der Waals surface area contributed by atoms with Crippen LogP contribution in [0.25, 0.3) is 0 Å². The van der Waals surface area contributed by atoms with Crippen LogP contribution in [0.3, 0.4) is 0 Å². The summed E-state index contributed by atoms with van der Waals surface area (Å²) in [7, 11) is 6.53. The normalized spacial score (nSPS) is 19.0. The highest BCUT2D eigenvalue weighted by molar-refractivity contribution is 5.90. The molecule has 0 spiro atoms. The maximum Gasteiger partial charge on any atom is 0.329 e. The van der Waals surface area contributed by atoms with Crippen molar-refractivity contribution < 1.29 is 38.2 Å². The molecule has 1 unspecified atom stereocenters. The molecular weight excluding hydrogens is 714 g/mol. The van der Waals surface area contributed by atoms with Gasteiger partial charge < -0.3 is 40.0 Å². The number of hydrogen-bond acceptors (Lipinski definition) is 9. The number of likely N-dealkylation sites (tertiary alicyclic amines) is 1. The number of methoxy groups -OCH3 is 2. The molecule has 0 saturated carbocycles. The van der Waals surface area contributed by atoms with E-state index in [1.165, 1.54) is 7.11 Å². The van der Waals surface area contributed by atoms with Gasteiger partial charge in [-0.05, 0) is 64.0 Å². The van der Waals surface area contributed by atoms with Crippen molar-refractivity contribution in [2.45, 2.75) is 149 Å². The minimum atomic E-state index is -0.923. The summed E-state index contributed by atoms with van der Waals surface area (Å²) >= 11 is 0. The number of amides is 4. The van der Waals surface area contributed by atoms with Crippen LogP contribution in [0.5, 0.6) is 0 Å². The average Bonchev–Trinajstić information content (AvgIpc) is 3.62. The van der Waals surface area contributed by atoms with Crippen LogP contribution in [0.2, 0.25) is 0 Å². The number of benzene rings is 1. The predicted molar refractivity (Wildman–Crippen MR) is 218 cm³/mol. The molecule has 13 nitrogen and oxygen atoms in total. The second kappa shape index (κ2) is 22.4. The fourth-order valence-electron chi connectivity index (χ4n) is 7.77. The van der Waals surface area contributed by atoms with Crippen LogP contribution in [0, 0.1) is 23.7 Å². The van der Waals surface area contributed by atoms with Gasteiger partial charge >= 0.3 is 5.97 Å². The summed E-state index contributed by atoms with van der Waals surface area (Å²) in [6.45, 7) is 19.3. The van der Waals surface area contributed by atoms with Gasteiger partial charge in [-0.25, -0.2) is 4.79 Å². The summed E-state index contributed by atoms with van der Waals surface area (Å²) in [6.07, 6.45) is 1.04. The summed E-state index contributed by atoms with van der Waals surface area (Å²) in [5.74, 6) is -2.48. The molecule has 4 amide bonds. The minimum absolute atomic E-state index is 0.00230. The number of hydrogen-bond donors (Lipinski definition) is 3. The monoisotopic (exact) mass is 788 g/mol. The van der Waals surface area contributed by atoms with E-state index in [1.54, 1.807) is 58.7 Å². The SMILES string of the molecule is CC[C@H](C)[C@@H]([C@@H](CC(=O)N1CCCC1[C@H](OC)[C@@H](C)C(=O)N[C@@H](Cc1ccccc1)C(=O)OC(C)(C)C)OC)N(C)C(=O)[C@@H](NC(=O)[C@@H](NC)C(C)C)C(C)C. The van der Waals surface area contributed by atoms with Crippen molar-refractivity contribution in [1.82, 2.24) is 25.8 Å². The molecule has 318 valence electrons. The zero-order valence-corrected chi connectivity index (χ0v) is 36.6. The number of carbonyl (C=O) groups excluding carboxylic acids is 5. The van der Waals surface area contributed by atoms with Crippen LogP contribution in [-0.2, 0) is 44.6 Å². The molecular formula is C43H73N5O8. The molecule has 56 heavy (non-hydrogen) atoms. The minimum Gasteiger partial charge on any atom is -0.458 e. The molecule has 9 atom stereocenters. The molecule has 1 aromatic carbocycles. The van der Waals surface area contributed by atoms with E-state index in [9.17, 15) is 24.0 Å². The molecule has 13 heteroatoms. The predicted octanol–water partition coefficient (Wildman–Crippen LogP) is 4.36. The molecule has 0 aromatic heterocycles. The fraction of sp³-hybridized carbons (Fsp3) is 0.744. The van der Waals surface area contributed by atoms with Crippen molar-refractivity contribution in [3.8, 4) is 0 Å². The highest BCUT2D eigenvalue weighted by Gasteiger charge is 2.43. The van der Waals surface area contributed by atoms with E-state index in [0.29, 0.717) is 13.0 Å². The van der Waals surface area contributed by atoms with E-state index in [1.807, 2.05) is 71.9 Å².